The lowest BCUT2D eigenvalue weighted by atomic mass is 9.83. The summed E-state index contributed by atoms with van der Waals surface area (Å²) in [5.41, 5.74) is 4.66. The summed E-state index contributed by atoms with van der Waals surface area (Å²) >= 11 is 0. The van der Waals surface area contributed by atoms with Crippen LogP contribution < -0.4 is 0 Å². The fraction of sp³-hybridized carbons (Fsp3) is 0.409. The van der Waals surface area contributed by atoms with E-state index in [1.807, 2.05) is 6.07 Å². The summed E-state index contributed by atoms with van der Waals surface area (Å²) in [4.78, 5) is 12.9. The van der Waals surface area contributed by atoms with Crippen LogP contribution in [0.15, 0.2) is 36.4 Å². The van der Waals surface area contributed by atoms with Crippen LogP contribution in [0.5, 0.6) is 0 Å². The zero-order valence-electron chi connectivity index (χ0n) is 14.6. The van der Waals surface area contributed by atoms with E-state index >= 15 is 0 Å². The first-order chi connectivity index (χ1) is 11.7. The summed E-state index contributed by atoms with van der Waals surface area (Å²) in [7, 11) is 0. The predicted molar refractivity (Wildman–Crippen MR) is 101 cm³/mol. The Labute approximate surface area is 143 Å². The monoisotopic (exact) mass is 319 g/mol. The lowest BCUT2D eigenvalue weighted by molar-refractivity contribution is 0.0889. The molecular weight excluding hydrogens is 294 g/mol. The molecule has 0 bridgehead atoms. The summed E-state index contributed by atoms with van der Waals surface area (Å²) in [6.45, 7) is 5.25. The van der Waals surface area contributed by atoms with E-state index in [9.17, 15) is 4.79 Å². The van der Waals surface area contributed by atoms with Crippen LogP contribution in [0, 0.1) is 12.8 Å². The highest BCUT2D eigenvalue weighted by Gasteiger charge is 2.23. The molecule has 0 aliphatic heterocycles. The summed E-state index contributed by atoms with van der Waals surface area (Å²) in [5, 5.41) is 2.49. The van der Waals surface area contributed by atoms with Gasteiger partial charge >= 0.3 is 0 Å². The summed E-state index contributed by atoms with van der Waals surface area (Å²) in [6.07, 6.45) is 5.81. The standard InChI is InChI=1S/C22H25NO/c1-3-23-20-11-9-15(2)13-18(20)19-14-17(10-12-21(19)23)22(24)16-7-5-4-6-8-16/h9-14,16H,3-8H2,1-2H3. The van der Waals surface area contributed by atoms with Crippen LogP contribution in [0.1, 0.15) is 54.9 Å². The van der Waals surface area contributed by atoms with Gasteiger partial charge in [-0.25, -0.2) is 0 Å². The molecule has 0 unspecified atom stereocenters. The van der Waals surface area contributed by atoms with Crippen molar-refractivity contribution >= 4 is 27.6 Å². The molecule has 4 rings (SSSR count). The van der Waals surface area contributed by atoms with Crippen molar-refractivity contribution in [3.05, 3.63) is 47.5 Å². The Kier molecular flexibility index (Phi) is 3.91. The van der Waals surface area contributed by atoms with E-state index in [0.717, 1.165) is 24.9 Å². The highest BCUT2D eigenvalue weighted by Crippen LogP contribution is 2.32. The molecule has 0 amide bonds. The SMILES string of the molecule is CCn1c2ccc(C)cc2c2cc(C(=O)C3CCCCC3)ccc21. The van der Waals surface area contributed by atoms with Gasteiger partial charge in [-0.1, -0.05) is 30.9 Å². The minimum absolute atomic E-state index is 0.234. The molecule has 0 N–H and O–H groups in total. The highest BCUT2D eigenvalue weighted by atomic mass is 16.1. The van der Waals surface area contributed by atoms with Crippen LogP contribution >= 0.6 is 0 Å². The van der Waals surface area contributed by atoms with Crippen molar-refractivity contribution in [1.82, 2.24) is 4.57 Å². The molecule has 124 valence electrons. The summed E-state index contributed by atoms with van der Waals surface area (Å²) < 4.78 is 2.35. The van der Waals surface area contributed by atoms with Gasteiger partial charge in [0, 0.05) is 39.8 Å². The number of carbonyl (C=O) groups is 1. The normalized spacial score (nSPS) is 16.1. The fourth-order valence-electron chi connectivity index (χ4n) is 4.31. The molecule has 1 saturated carbocycles. The number of aryl methyl sites for hydroxylation is 2. The zero-order chi connectivity index (χ0) is 16.7. The van der Waals surface area contributed by atoms with E-state index in [-0.39, 0.29) is 5.92 Å². The number of hydrogen-bond donors (Lipinski definition) is 0. The van der Waals surface area contributed by atoms with E-state index in [4.69, 9.17) is 0 Å². The van der Waals surface area contributed by atoms with Crippen LogP contribution in [0.4, 0.5) is 0 Å². The minimum atomic E-state index is 0.234. The number of ketones is 1. The van der Waals surface area contributed by atoms with Gasteiger partial charge in [0.1, 0.15) is 0 Å². The smallest absolute Gasteiger partial charge is 0.165 e. The quantitative estimate of drug-likeness (QED) is 0.552. The first kappa shape index (κ1) is 15.4. The van der Waals surface area contributed by atoms with Gasteiger partial charge in [0.15, 0.2) is 5.78 Å². The number of nitrogens with zero attached hydrogens (tertiary/aromatic N) is 1. The van der Waals surface area contributed by atoms with Crippen molar-refractivity contribution in [2.45, 2.75) is 52.5 Å². The van der Waals surface area contributed by atoms with Gasteiger partial charge in [-0.2, -0.15) is 0 Å². The topological polar surface area (TPSA) is 22.0 Å². The summed E-state index contributed by atoms with van der Waals surface area (Å²) in [6, 6.07) is 12.9. The van der Waals surface area contributed by atoms with Crippen LogP contribution in [0.2, 0.25) is 0 Å². The molecule has 0 atom stereocenters. The third-order valence-electron chi connectivity index (χ3n) is 5.60. The van der Waals surface area contributed by atoms with Crippen molar-refractivity contribution < 1.29 is 4.79 Å². The molecule has 0 spiro atoms. The Hall–Kier alpha value is -2.09. The fourth-order valence-corrected chi connectivity index (χ4v) is 4.31. The maximum atomic E-state index is 12.9. The summed E-state index contributed by atoms with van der Waals surface area (Å²) in [5.74, 6) is 0.583. The number of hydrogen-bond acceptors (Lipinski definition) is 1. The molecule has 1 aromatic heterocycles. The van der Waals surface area contributed by atoms with Crippen molar-refractivity contribution in [3.63, 3.8) is 0 Å². The first-order valence-electron chi connectivity index (χ1n) is 9.26. The Balaban J connectivity index is 1.86. The number of benzene rings is 2. The second-order valence-electron chi connectivity index (χ2n) is 7.20. The second kappa shape index (κ2) is 6.08. The number of Topliss-reactive ketones (excluding diaryl/α,β-unsaturated/α-hetero) is 1. The van der Waals surface area contributed by atoms with E-state index in [0.29, 0.717) is 5.78 Å². The number of aromatic nitrogens is 1. The number of rotatable bonds is 3. The van der Waals surface area contributed by atoms with Gasteiger partial charge in [-0.05, 0) is 57.0 Å². The van der Waals surface area contributed by atoms with E-state index < -0.39 is 0 Å². The lowest BCUT2D eigenvalue weighted by Crippen LogP contribution is -2.17. The molecule has 1 aliphatic carbocycles. The maximum absolute atomic E-state index is 12.9. The average molecular weight is 319 g/mol. The lowest BCUT2D eigenvalue weighted by Gasteiger charge is -2.20. The molecule has 2 aromatic carbocycles. The van der Waals surface area contributed by atoms with Crippen LogP contribution in [-0.4, -0.2) is 10.4 Å². The van der Waals surface area contributed by atoms with Gasteiger partial charge < -0.3 is 4.57 Å². The molecule has 1 aliphatic rings. The second-order valence-corrected chi connectivity index (χ2v) is 7.20. The Bertz CT molecular complexity index is 913. The van der Waals surface area contributed by atoms with Crippen molar-refractivity contribution in [2.75, 3.05) is 0 Å². The number of fused-ring (bicyclic) bond motifs is 3. The molecule has 0 radical (unpaired) electrons. The zero-order valence-corrected chi connectivity index (χ0v) is 14.6. The van der Waals surface area contributed by atoms with Gasteiger partial charge in [-0.15, -0.1) is 0 Å². The average Bonchev–Trinajstić information content (AvgIpc) is 2.94. The van der Waals surface area contributed by atoms with E-state index in [1.165, 1.54) is 46.6 Å². The third kappa shape index (κ3) is 2.45. The van der Waals surface area contributed by atoms with Crippen molar-refractivity contribution in [2.24, 2.45) is 5.92 Å². The Morgan fingerprint density at radius 2 is 1.67 bits per heavy atom. The van der Waals surface area contributed by atoms with Crippen LogP contribution in [0.3, 0.4) is 0 Å². The Morgan fingerprint density at radius 3 is 2.38 bits per heavy atom. The Morgan fingerprint density at radius 1 is 1.00 bits per heavy atom. The minimum Gasteiger partial charge on any atom is -0.341 e. The molecule has 0 saturated heterocycles. The van der Waals surface area contributed by atoms with Gasteiger partial charge in [0.2, 0.25) is 0 Å². The van der Waals surface area contributed by atoms with E-state index in [1.54, 1.807) is 0 Å². The number of carbonyl (C=O) groups excluding carboxylic acids is 1. The molecule has 1 fully saturated rings. The first-order valence-corrected chi connectivity index (χ1v) is 9.26. The van der Waals surface area contributed by atoms with Gasteiger partial charge in [0.05, 0.1) is 0 Å². The predicted octanol–water partition coefficient (Wildman–Crippen LogP) is 5.89. The molecular formula is C22H25NO. The molecule has 3 aromatic rings. The molecule has 2 nitrogen and oxygen atoms in total. The van der Waals surface area contributed by atoms with E-state index in [2.05, 4.69) is 48.7 Å². The molecule has 2 heteroatoms. The van der Waals surface area contributed by atoms with Gasteiger partial charge in [-0.3, -0.25) is 4.79 Å². The third-order valence-corrected chi connectivity index (χ3v) is 5.60. The van der Waals surface area contributed by atoms with Gasteiger partial charge in [0.25, 0.3) is 0 Å². The van der Waals surface area contributed by atoms with Crippen LogP contribution in [0.25, 0.3) is 21.8 Å². The largest absolute Gasteiger partial charge is 0.341 e. The van der Waals surface area contributed by atoms with Crippen LogP contribution in [-0.2, 0) is 6.54 Å². The van der Waals surface area contributed by atoms with Crippen molar-refractivity contribution in [3.8, 4) is 0 Å². The molecule has 24 heavy (non-hydrogen) atoms. The van der Waals surface area contributed by atoms with Crippen molar-refractivity contribution in [1.29, 1.82) is 0 Å². The maximum Gasteiger partial charge on any atom is 0.165 e. The molecule has 1 heterocycles. The highest BCUT2D eigenvalue weighted by molar-refractivity contribution is 6.11.